The van der Waals surface area contributed by atoms with Crippen LogP contribution in [0.25, 0.3) is 0 Å². The quantitative estimate of drug-likeness (QED) is 0.416. The topological polar surface area (TPSA) is 118 Å². The van der Waals surface area contributed by atoms with Crippen molar-refractivity contribution in [3.8, 4) is 0 Å². The van der Waals surface area contributed by atoms with Crippen LogP contribution in [0.5, 0.6) is 0 Å². The Morgan fingerprint density at radius 2 is 2.38 bits per heavy atom. The summed E-state index contributed by atoms with van der Waals surface area (Å²) in [6.45, 7) is 1.39. The molecule has 11 heteroatoms. The number of nitrogens with zero attached hydrogens (tertiary/aromatic N) is 2. The van der Waals surface area contributed by atoms with E-state index in [0.717, 1.165) is 4.90 Å². The number of halogens is 1. The van der Waals surface area contributed by atoms with Gasteiger partial charge in [-0.3, -0.25) is 0 Å². The molecule has 2 heterocycles. The molecule has 0 aliphatic carbocycles. The van der Waals surface area contributed by atoms with E-state index in [1.54, 1.807) is 0 Å². The molecule has 118 valence electrons. The van der Waals surface area contributed by atoms with Crippen LogP contribution < -0.4 is 5.73 Å². The Kier molecular flexibility index (Phi) is 5.18. The van der Waals surface area contributed by atoms with Crippen LogP contribution >= 0.6 is 19.5 Å². The van der Waals surface area contributed by atoms with Gasteiger partial charge in [0, 0.05) is 6.20 Å². The average Bonchev–Trinajstić information content (AvgIpc) is 2.67. The van der Waals surface area contributed by atoms with E-state index < -0.39 is 44.3 Å². The van der Waals surface area contributed by atoms with Crippen molar-refractivity contribution < 1.29 is 28.4 Å². The summed E-state index contributed by atoms with van der Waals surface area (Å²) < 4.78 is 35.8. The van der Waals surface area contributed by atoms with Crippen molar-refractivity contribution in [2.75, 3.05) is 0 Å². The molecule has 0 spiro atoms. The number of aliphatic hydroxyl groups is 2. The van der Waals surface area contributed by atoms with Gasteiger partial charge in [0.15, 0.2) is 18.5 Å². The van der Waals surface area contributed by atoms with Gasteiger partial charge in [-0.2, -0.15) is 0 Å². The van der Waals surface area contributed by atoms with Gasteiger partial charge in [-0.15, -0.1) is 4.52 Å². The molecule has 7 atom stereocenters. The van der Waals surface area contributed by atoms with Crippen molar-refractivity contribution in [3.63, 3.8) is 0 Å². The van der Waals surface area contributed by atoms with Crippen LogP contribution in [0.4, 0.5) is 4.39 Å². The third kappa shape index (κ3) is 3.53. The summed E-state index contributed by atoms with van der Waals surface area (Å²) >= 11 is 3.58. The van der Waals surface area contributed by atoms with Crippen molar-refractivity contribution in [1.29, 1.82) is 0 Å². The number of alkyl halides is 1. The van der Waals surface area contributed by atoms with Gasteiger partial charge in [-0.25, -0.2) is 9.38 Å². The molecule has 0 amide bonds. The number of aliphatic imine (C=N–C) groups is 1. The first-order chi connectivity index (χ1) is 9.81. The fraction of sp³-hybridized carbons (Fsp3) is 0.700. The number of ether oxygens (including phenoxy) is 1. The number of rotatable bonds is 4. The predicted octanol–water partition coefficient (Wildman–Crippen LogP) is -0.135. The second-order valence-corrected chi connectivity index (χ2v) is 6.31. The van der Waals surface area contributed by atoms with Crippen LogP contribution in [0.2, 0.25) is 0 Å². The Hall–Kier alpha value is -0.770. The number of amidine groups is 1. The lowest BCUT2D eigenvalue weighted by atomic mass is 10.1. The molecule has 0 bridgehead atoms. The van der Waals surface area contributed by atoms with Crippen LogP contribution in [0, 0.1) is 0 Å². The molecule has 1 saturated heterocycles. The first kappa shape index (κ1) is 16.6. The number of thiol groups is 1. The van der Waals surface area contributed by atoms with E-state index in [1.807, 2.05) is 0 Å². The monoisotopic (exact) mass is 340 g/mol. The van der Waals surface area contributed by atoms with Gasteiger partial charge in [-0.05, 0) is 17.6 Å². The van der Waals surface area contributed by atoms with Crippen molar-refractivity contribution in [3.05, 3.63) is 12.3 Å². The Morgan fingerprint density at radius 3 is 2.90 bits per heavy atom. The van der Waals surface area contributed by atoms with E-state index >= 15 is 0 Å². The Balaban J connectivity index is 2.18. The largest absolute Gasteiger partial charge is 0.582 e. The standard InChI is InChI=1S/C10H15FN3O5PS/c1-4(15)7-8(19-20(17)21)6(11)9(18-7)14-3-2-5(12)13-10(14)16/h2-4,6-10,15-16H,1H3,(H2-,12,13,17,21)/p+1/t4-,6?,7+,8?,9+,10?/m0/s1. The predicted molar refractivity (Wildman–Crippen MR) is 75.3 cm³/mol. The van der Waals surface area contributed by atoms with Crippen LogP contribution in [0.1, 0.15) is 6.92 Å². The Bertz CT molecular complexity index is 480. The van der Waals surface area contributed by atoms with Gasteiger partial charge in [0.25, 0.3) is 0 Å². The zero-order valence-electron chi connectivity index (χ0n) is 11.0. The molecule has 8 nitrogen and oxygen atoms in total. The molecule has 4 unspecified atom stereocenters. The van der Waals surface area contributed by atoms with Crippen molar-refractivity contribution >= 4 is 25.3 Å². The zero-order valence-corrected chi connectivity index (χ0v) is 12.8. The molecule has 1 fully saturated rings. The average molecular weight is 340 g/mol. The van der Waals surface area contributed by atoms with Gasteiger partial charge < -0.3 is 25.6 Å². The molecule has 0 aromatic carbocycles. The molecule has 0 saturated carbocycles. The smallest absolute Gasteiger partial charge is 0.391 e. The van der Waals surface area contributed by atoms with E-state index in [-0.39, 0.29) is 5.84 Å². The molecule has 2 aliphatic heterocycles. The lowest BCUT2D eigenvalue weighted by Crippen LogP contribution is -2.46. The first-order valence-corrected chi connectivity index (χ1v) is 8.41. The highest BCUT2D eigenvalue weighted by Gasteiger charge is 2.54. The van der Waals surface area contributed by atoms with Crippen LogP contribution in [-0.4, -0.2) is 58.0 Å². The number of aliphatic hydroxyl groups excluding tert-OH is 2. The lowest BCUT2D eigenvalue weighted by Gasteiger charge is -2.32. The zero-order chi connectivity index (χ0) is 15.7. The van der Waals surface area contributed by atoms with Crippen LogP contribution in [0.15, 0.2) is 17.3 Å². The molecule has 0 aromatic heterocycles. The molecule has 2 rings (SSSR count). The second-order valence-electron chi connectivity index (χ2n) is 4.65. The summed E-state index contributed by atoms with van der Waals surface area (Å²) in [6.07, 6.45) is -5.16. The summed E-state index contributed by atoms with van der Waals surface area (Å²) in [6, 6.07) is 0. The summed E-state index contributed by atoms with van der Waals surface area (Å²) in [4.78, 5) is 4.75. The van der Waals surface area contributed by atoms with E-state index in [4.69, 9.17) is 15.0 Å². The Labute approximate surface area is 126 Å². The third-order valence-electron chi connectivity index (χ3n) is 3.14. The molecule has 0 aromatic rings. The van der Waals surface area contributed by atoms with Crippen LogP contribution in [-0.2, 0) is 13.8 Å². The number of hydrogen-bond donors (Lipinski definition) is 4. The highest BCUT2D eigenvalue weighted by atomic mass is 32.7. The van der Waals surface area contributed by atoms with E-state index in [9.17, 15) is 19.2 Å². The minimum absolute atomic E-state index is 0.0884. The molecular weight excluding hydrogens is 324 g/mol. The molecule has 21 heavy (non-hydrogen) atoms. The highest BCUT2D eigenvalue weighted by molar-refractivity contribution is 8.39. The van der Waals surface area contributed by atoms with Crippen molar-refractivity contribution in [2.45, 2.75) is 44.0 Å². The minimum atomic E-state index is -2.38. The first-order valence-electron chi connectivity index (χ1n) is 6.08. The van der Waals surface area contributed by atoms with Gasteiger partial charge in [-0.1, -0.05) is 0 Å². The summed E-state index contributed by atoms with van der Waals surface area (Å²) in [5, 5.41) is 19.4. The fourth-order valence-corrected chi connectivity index (χ4v) is 2.97. The van der Waals surface area contributed by atoms with Gasteiger partial charge in [0.1, 0.15) is 24.2 Å². The number of nitrogens with two attached hydrogens (primary N) is 1. The van der Waals surface area contributed by atoms with E-state index in [1.165, 1.54) is 19.2 Å². The lowest BCUT2D eigenvalue weighted by molar-refractivity contribution is -0.131. The van der Waals surface area contributed by atoms with Gasteiger partial charge in [0.2, 0.25) is 6.35 Å². The Morgan fingerprint density at radius 1 is 1.71 bits per heavy atom. The maximum atomic E-state index is 14.5. The van der Waals surface area contributed by atoms with E-state index in [2.05, 4.69) is 17.2 Å². The van der Waals surface area contributed by atoms with Gasteiger partial charge in [0.05, 0.1) is 6.10 Å². The van der Waals surface area contributed by atoms with Crippen LogP contribution in [0.3, 0.4) is 0 Å². The molecule has 2 aliphatic rings. The fourth-order valence-electron chi connectivity index (χ4n) is 2.20. The molecular formula is C10H16FN3O5PS+. The van der Waals surface area contributed by atoms with Gasteiger partial charge >= 0.3 is 7.23 Å². The molecule has 4 N–H and O–H groups in total. The normalized spacial score (nSPS) is 38.3. The third-order valence-corrected chi connectivity index (χ3v) is 3.84. The summed E-state index contributed by atoms with van der Waals surface area (Å²) in [5.74, 6) is 0.0884. The minimum Gasteiger partial charge on any atom is -0.391 e. The molecule has 0 radical (unpaired) electrons. The van der Waals surface area contributed by atoms with E-state index in [0.29, 0.717) is 0 Å². The highest BCUT2D eigenvalue weighted by Crippen LogP contribution is 2.39. The number of hydrogen-bond acceptors (Lipinski definition) is 8. The van der Waals surface area contributed by atoms with Crippen molar-refractivity contribution in [1.82, 2.24) is 4.90 Å². The summed E-state index contributed by atoms with van der Waals surface area (Å²) in [5.41, 5.74) is 5.42. The second kappa shape index (κ2) is 6.55. The maximum absolute atomic E-state index is 14.5. The van der Waals surface area contributed by atoms with Crippen molar-refractivity contribution in [2.24, 2.45) is 10.7 Å². The summed E-state index contributed by atoms with van der Waals surface area (Å²) in [7, 11) is -2.38. The maximum Gasteiger partial charge on any atom is 0.582 e. The SMILES string of the molecule is C[C@H](O)[C@H]1O[C@@H](N2C=CC(N)=NC2O)C(F)C1O[P+](=O)S.